The maximum atomic E-state index is 12.0. The van der Waals surface area contributed by atoms with E-state index in [0.29, 0.717) is 11.4 Å². The second-order valence-corrected chi connectivity index (χ2v) is 4.60. The summed E-state index contributed by atoms with van der Waals surface area (Å²) in [6.07, 6.45) is 1.94. The van der Waals surface area contributed by atoms with E-state index in [4.69, 9.17) is 5.73 Å². The number of piperidine rings is 1. The molecule has 1 heterocycles. The van der Waals surface area contributed by atoms with E-state index in [1.165, 1.54) is 0 Å². The van der Waals surface area contributed by atoms with Gasteiger partial charge in [0.05, 0.1) is 5.92 Å². The summed E-state index contributed by atoms with van der Waals surface area (Å²) in [6.45, 7) is 1.71. The van der Waals surface area contributed by atoms with Crippen LogP contribution in [0.15, 0.2) is 24.3 Å². The topological polar surface area (TPSA) is 96.2 Å². The van der Waals surface area contributed by atoms with Crippen molar-refractivity contribution in [1.29, 1.82) is 0 Å². The molecular weight excluding hydrogens is 280 g/mol. The van der Waals surface area contributed by atoms with Crippen molar-refractivity contribution in [2.24, 2.45) is 11.7 Å². The fourth-order valence-corrected chi connectivity index (χ4v) is 2.10. The molecule has 1 fully saturated rings. The van der Waals surface area contributed by atoms with Crippen molar-refractivity contribution in [3.05, 3.63) is 24.3 Å². The number of halogens is 1. The van der Waals surface area contributed by atoms with Crippen LogP contribution in [-0.2, 0) is 4.79 Å². The molecule has 7 heteroatoms. The summed E-state index contributed by atoms with van der Waals surface area (Å²) in [5.41, 5.74) is 6.33. The van der Waals surface area contributed by atoms with E-state index < -0.39 is 6.03 Å². The standard InChI is InChI=1S/C13H18N4O2.ClH/c14-13(19)17-11-5-3-10(4-6-11)16-12(18)9-2-1-7-15-8-9;/h3-6,9,15H,1-2,7-8H2,(H,16,18)(H3,14,17,19);1H. The van der Waals surface area contributed by atoms with E-state index in [2.05, 4.69) is 16.0 Å². The van der Waals surface area contributed by atoms with Gasteiger partial charge in [-0.15, -0.1) is 12.4 Å². The van der Waals surface area contributed by atoms with E-state index >= 15 is 0 Å². The van der Waals surface area contributed by atoms with Gasteiger partial charge >= 0.3 is 6.03 Å². The molecule has 0 radical (unpaired) electrons. The highest BCUT2D eigenvalue weighted by molar-refractivity contribution is 5.93. The fourth-order valence-electron chi connectivity index (χ4n) is 2.10. The van der Waals surface area contributed by atoms with Crippen LogP contribution in [0.2, 0.25) is 0 Å². The number of carbonyl (C=O) groups excluding carboxylic acids is 2. The van der Waals surface area contributed by atoms with Crippen molar-refractivity contribution in [3.63, 3.8) is 0 Å². The van der Waals surface area contributed by atoms with Crippen LogP contribution in [-0.4, -0.2) is 25.0 Å². The number of anilines is 2. The van der Waals surface area contributed by atoms with Crippen LogP contribution in [0.25, 0.3) is 0 Å². The van der Waals surface area contributed by atoms with Crippen LogP contribution < -0.4 is 21.7 Å². The molecular formula is C13H19ClN4O2. The lowest BCUT2D eigenvalue weighted by molar-refractivity contribution is -0.120. The zero-order valence-electron chi connectivity index (χ0n) is 11.0. The van der Waals surface area contributed by atoms with Crippen molar-refractivity contribution < 1.29 is 9.59 Å². The van der Waals surface area contributed by atoms with E-state index in [0.717, 1.165) is 25.9 Å². The van der Waals surface area contributed by atoms with Gasteiger partial charge in [0, 0.05) is 17.9 Å². The van der Waals surface area contributed by atoms with Crippen LogP contribution in [0.1, 0.15) is 12.8 Å². The van der Waals surface area contributed by atoms with E-state index in [9.17, 15) is 9.59 Å². The third-order valence-corrected chi connectivity index (χ3v) is 3.09. The normalized spacial score (nSPS) is 17.7. The van der Waals surface area contributed by atoms with Gasteiger partial charge < -0.3 is 21.7 Å². The zero-order valence-corrected chi connectivity index (χ0v) is 11.8. The van der Waals surface area contributed by atoms with Crippen molar-refractivity contribution >= 4 is 35.7 Å². The number of nitrogens with one attached hydrogen (secondary N) is 3. The molecule has 20 heavy (non-hydrogen) atoms. The molecule has 5 N–H and O–H groups in total. The number of rotatable bonds is 3. The second kappa shape index (κ2) is 7.72. The molecule has 0 aromatic heterocycles. The number of hydrogen-bond donors (Lipinski definition) is 4. The first kappa shape index (κ1) is 16.3. The molecule has 2 rings (SSSR count). The molecule has 1 unspecified atom stereocenters. The fraction of sp³-hybridized carbons (Fsp3) is 0.385. The average molecular weight is 299 g/mol. The third kappa shape index (κ3) is 4.71. The predicted octanol–water partition coefficient (Wildman–Crippen LogP) is 1.54. The van der Waals surface area contributed by atoms with Gasteiger partial charge in [-0.3, -0.25) is 4.79 Å². The molecule has 110 valence electrons. The van der Waals surface area contributed by atoms with Gasteiger partial charge in [0.15, 0.2) is 0 Å². The Balaban J connectivity index is 0.00000200. The van der Waals surface area contributed by atoms with E-state index in [1.54, 1.807) is 24.3 Å². The summed E-state index contributed by atoms with van der Waals surface area (Å²) in [5, 5.41) is 8.54. The number of urea groups is 1. The highest BCUT2D eigenvalue weighted by atomic mass is 35.5. The van der Waals surface area contributed by atoms with E-state index in [-0.39, 0.29) is 24.2 Å². The number of hydrogen-bond acceptors (Lipinski definition) is 3. The van der Waals surface area contributed by atoms with Gasteiger partial charge in [-0.25, -0.2) is 4.79 Å². The molecule has 0 bridgehead atoms. The molecule has 1 atom stereocenters. The van der Waals surface area contributed by atoms with Crippen LogP contribution in [0.3, 0.4) is 0 Å². The smallest absolute Gasteiger partial charge is 0.316 e. The minimum atomic E-state index is -0.606. The van der Waals surface area contributed by atoms with Crippen molar-refractivity contribution in [2.45, 2.75) is 12.8 Å². The second-order valence-electron chi connectivity index (χ2n) is 4.60. The Morgan fingerprint density at radius 3 is 2.25 bits per heavy atom. The molecule has 1 saturated heterocycles. The van der Waals surface area contributed by atoms with Gasteiger partial charge in [-0.2, -0.15) is 0 Å². The predicted molar refractivity (Wildman–Crippen MR) is 81.1 cm³/mol. The van der Waals surface area contributed by atoms with Crippen LogP contribution in [0.4, 0.5) is 16.2 Å². The Kier molecular flexibility index (Phi) is 6.27. The molecule has 1 aliphatic heterocycles. The van der Waals surface area contributed by atoms with Gasteiger partial charge in [0.2, 0.25) is 5.91 Å². The first-order chi connectivity index (χ1) is 9.15. The highest BCUT2D eigenvalue weighted by Crippen LogP contribution is 2.16. The Bertz CT molecular complexity index is 458. The summed E-state index contributed by atoms with van der Waals surface area (Å²) >= 11 is 0. The van der Waals surface area contributed by atoms with Crippen LogP contribution >= 0.6 is 12.4 Å². The molecule has 6 nitrogen and oxygen atoms in total. The van der Waals surface area contributed by atoms with Gasteiger partial charge in [0.1, 0.15) is 0 Å². The Morgan fingerprint density at radius 2 is 1.75 bits per heavy atom. The molecule has 0 saturated carbocycles. The van der Waals surface area contributed by atoms with Crippen LogP contribution in [0, 0.1) is 5.92 Å². The molecule has 0 spiro atoms. The average Bonchev–Trinajstić information content (AvgIpc) is 2.41. The van der Waals surface area contributed by atoms with Crippen molar-refractivity contribution in [3.8, 4) is 0 Å². The highest BCUT2D eigenvalue weighted by Gasteiger charge is 2.20. The summed E-state index contributed by atoms with van der Waals surface area (Å²) in [7, 11) is 0. The number of carbonyl (C=O) groups is 2. The molecule has 1 aromatic carbocycles. The Hall–Kier alpha value is -1.79. The molecule has 1 aliphatic rings. The number of nitrogens with two attached hydrogens (primary N) is 1. The van der Waals surface area contributed by atoms with Gasteiger partial charge in [-0.05, 0) is 43.7 Å². The summed E-state index contributed by atoms with van der Waals surface area (Å²) in [4.78, 5) is 22.7. The zero-order chi connectivity index (χ0) is 13.7. The van der Waals surface area contributed by atoms with Gasteiger partial charge in [-0.1, -0.05) is 0 Å². The number of benzene rings is 1. The molecule has 3 amide bonds. The lowest BCUT2D eigenvalue weighted by Crippen LogP contribution is -2.37. The summed E-state index contributed by atoms with van der Waals surface area (Å²) < 4.78 is 0. The quantitative estimate of drug-likeness (QED) is 0.681. The Labute approximate surface area is 123 Å². The maximum absolute atomic E-state index is 12.0. The summed E-state index contributed by atoms with van der Waals surface area (Å²) in [5.74, 6) is 0.0555. The molecule has 1 aromatic rings. The first-order valence-corrected chi connectivity index (χ1v) is 6.33. The molecule has 0 aliphatic carbocycles. The Morgan fingerprint density at radius 1 is 1.15 bits per heavy atom. The SMILES string of the molecule is Cl.NC(=O)Nc1ccc(NC(=O)C2CCCNC2)cc1. The minimum Gasteiger partial charge on any atom is -0.351 e. The third-order valence-electron chi connectivity index (χ3n) is 3.09. The lowest BCUT2D eigenvalue weighted by atomic mass is 9.99. The van der Waals surface area contributed by atoms with Crippen molar-refractivity contribution in [2.75, 3.05) is 23.7 Å². The van der Waals surface area contributed by atoms with E-state index in [1.807, 2.05) is 0 Å². The first-order valence-electron chi connectivity index (χ1n) is 6.33. The largest absolute Gasteiger partial charge is 0.351 e. The van der Waals surface area contributed by atoms with Crippen molar-refractivity contribution in [1.82, 2.24) is 5.32 Å². The minimum absolute atomic E-state index is 0. The summed E-state index contributed by atoms with van der Waals surface area (Å²) in [6, 6.07) is 6.25. The number of amides is 3. The number of primary amides is 1. The van der Waals surface area contributed by atoms with Crippen LogP contribution in [0.5, 0.6) is 0 Å². The lowest BCUT2D eigenvalue weighted by Gasteiger charge is -2.21. The monoisotopic (exact) mass is 298 g/mol. The van der Waals surface area contributed by atoms with Gasteiger partial charge in [0.25, 0.3) is 0 Å². The maximum Gasteiger partial charge on any atom is 0.316 e.